The third-order valence-corrected chi connectivity index (χ3v) is 11.8. The number of rotatable bonds is 8. The van der Waals surface area contributed by atoms with Gasteiger partial charge in [0.05, 0.1) is 12.7 Å². The molecule has 2 bridgehead atoms. The van der Waals surface area contributed by atoms with Gasteiger partial charge in [-0.3, -0.25) is 14.4 Å². The van der Waals surface area contributed by atoms with Crippen LogP contribution < -0.4 is 15.5 Å². The Hall–Kier alpha value is -3.29. The molecule has 1 heterocycles. The van der Waals surface area contributed by atoms with E-state index in [9.17, 15) is 29.3 Å². The van der Waals surface area contributed by atoms with E-state index in [0.29, 0.717) is 18.4 Å². The van der Waals surface area contributed by atoms with E-state index in [-0.39, 0.29) is 48.4 Å². The van der Waals surface area contributed by atoms with Crippen molar-refractivity contribution in [2.75, 3.05) is 13.2 Å². The van der Waals surface area contributed by atoms with Crippen LogP contribution in [0.1, 0.15) is 86.1 Å². The second-order valence-electron chi connectivity index (χ2n) is 15.9. The van der Waals surface area contributed by atoms with E-state index in [1.54, 1.807) is 39.8 Å². The summed E-state index contributed by atoms with van der Waals surface area (Å²) in [6.45, 7) is 12.1. The maximum atomic E-state index is 15.2. The molecule has 0 spiro atoms. The maximum Gasteiger partial charge on any atom is 0.494 e. The Balaban J connectivity index is 1.42. The molecule has 0 radical (unpaired) electrons. The predicted molar refractivity (Wildman–Crippen MR) is 177 cm³/mol. The van der Waals surface area contributed by atoms with Crippen LogP contribution in [0.5, 0.6) is 5.75 Å². The molecule has 1 amide bonds. The highest BCUT2D eigenvalue weighted by Crippen LogP contribution is 2.68. The highest BCUT2D eigenvalue weighted by atomic mass is 19.1. The van der Waals surface area contributed by atoms with E-state index in [4.69, 9.17) is 18.9 Å². The molecular weight excluding hydrogens is 636 g/mol. The van der Waals surface area contributed by atoms with Gasteiger partial charge >= 0.3 is 19.1 Å². The zero-order chi connectivity index (χ0) is 36.1. The Labute approximate surface area is 287 Å². The van der Waals surface area contributed by atoms with E-state index in [1.165, 1.54) is 12.1 Å². The summed E-state index contributed by atoms with van der Waals surface area (Å²) in [7, 11) is -1.43. The zero-order valence-corrected chi connectivity index (χ0v) is 29.5. The first-order chi connectivity index (χ1) is 22.8. The molecule has 4 aliphatic rings. The topological polar surface area (TPSA) is 158 Å². The summed E-state index contributed by atoms with van der Waals surface area (Å²) in [5.41, 5.74) is -2.71. The molecule has 0 aromatic heterocycles. The number of aliphatic hydroxyl groups is 1. The van der Waals surface area contributed by atoms with Crippen LogP contribution in [0.25, 0.3) is 0 Å². The average Bonchev–Trinajstić information content (AvgIpc) is 3.59. The molecule has 0 saturated heterocycles. The number of carbonyl (C=O) groups excluding carboxylic acids is 4. The van der Waals surface area contributed by atoms with Crippen molar-refractivity contribution in [2.45, 2.75) is 105 Å². The van der Waals surface area contributed by atoms with E-state index >= 15 is 4.39 Å². The number of benzene rings is 1. The summed E-state index contributed by atoms with van der Waals surface area (Å²) in [4.78, 5) is 52.3. The number of halogens is 1. The van der Waals surface area contributed by atoms with Crippen molar-refractivity contribution in [1.29, 1.82) is 0 Å². The van der Waals surface area contributed by atoms with Crippen LogP contribution in [0.2, 0.25) is 0 Å². The van der Waals surface area contributed by atoms with Crippen LogP contribution in [-0.2, 0) is 39.9 Å². The molecule has 0 unspecified atom stereocenters. The average molecular weight is 686 g/mol. The van der Waals surface area contributed by atoms with Crippen molar-refractivity contribution in [3.8, 4) is 5.75 Å². The molecular formula is C36H49BFNO10. The van der Waals surface area contributed by atoms with Crippen molar-refractivity contribution in [1.82, 2.24) is 5.32 Å². The summed E-state index contributed by atoms with van der Waals surface area (Å²) in [6.07, 6.45) is 3.52. The first-order valence-corrected chi connectivity index (χ1v) is 17.2. The van der Waals surface area contributed by atoms with Gasteiger partial charge in [-0.1, -0.05) is 39.8 Å². The van der Waals surface area contributed by atoms with Crippen molar-refractivity contribution >= 4 is 36.2 Å². The fourth-order valence-electron chi connectivity index (χ4n) is 9.02. The van der Waals surface area contributed by atoms with E-state index in [2.05, 4.69) is 12.2 Å². The van der Waals surface area contributed by atoms with Crippen LogP contribution in [0.4, 0.5) is 4.39 Å². The van der Waals surface area contributed by atoms with Crippen LogP contribution in [-0.4, -0.2) is 71.8 Å². The lowest BCUT2D eigenvalue weighted by molar-refractivity contribution is -0.207. The molecule has 1 aromatic rings. The second kappa shape index (κ2) is 13.4. The molecule has 3 N–H and O–H groups in total. The second-order valence-corrected chi connectivity index (χ2v) is 15.9. The zero-order valence-electron chi connectivity index (χ0n) is 29.5. The normalized spacial score (nSPS) is 34.1. The van der Waals surface area contributed by atoms with Gasteiger partial charge in [0.25, 0.3) is 0 Å². The Kier molecular flexibility index (Phi) is 10.1. The van der Waals surface area contributed by atoms with Gasteiger partial charge in [0, 0.05) is 28.6 Å². The number of ether oxygens (including phenoxy) is 3. The highest BCUT2D eigenvalue weighted by Gasteiger charge is 2.68. The van der Waals surface area contributed by atoms with E-state index in [1.807, 2.05) is 13.8 Å². The third-order valence-electron chi connectivity index (χ3n) is 11.8. The molecule has 1 aliphatic heterocycles. The monoisotopic (exact) mass is 685 g/mol. The number of esters is 2. The summed E-state index contributed by atoms with van der Waals surface area (Å²) >= 11 is 0. The number of hydrogen-bond acceptors (Lipinski definition) is 10. The van der Waals surface area contributed by atoms with E-state index < -0.39 is 77.4 Å². The first-order valence-electron chi connectivity index (χ1n) is 17.2. The number of carbonyl (C=O) groups is 4. The minimum absolute atomic E-state index is 0.0326. The Morgan fingerprint density at radius 1 is 1.16 bits per heavy atom. The fourth-order valence-corrected chi connectivity index (χ4v) is 9.02. The predicted octanol–water partition coefficient (Wildman–Crippen LogP) is 3.16. The van der Waals surface area contributed by atoms with Crippen LogP contribution >= 0.6 is 0 Å². The summed E-state index contributed by atoms with van der Waals surface area (Å²) < 4.78 is 37.3. The van der Waals surface area contributed by atoms with Crippen LogP contribution in [0.3, 0.4) is 0 Å². The van der Waals surface area contributed by atoms with Gasteiger partial charge in [-0.25, -0.2) is 9.18 Å². The number of aliphatic hydroxyl groups excluding tert-OH is 1. The lowest BCUT2D eigenvalue weighted by Crippen LogP contribution is -2.63. The molecule has 11 nitrogen and oxygen atoms in total. The molecule has 268 valence electrons. The van der Waals surface area contributed by atoms with E-state index in [0.717, 1.165) is 12.8 Å². The van der Waals surface area contributed by atoms with Crippen LogP contribution in [0.15, 0.2) is 24.3 Å². The number of hydrogen-bond donors (Lipinski definition) is 3. The standard InChI is InChI=1S/C36H49BFNO10/c1-20-10-14-36-15-11-23(40)31(36)35(20,7)25(48-28(43)19-46-24-9-8-22-18-47-37(45)29(22)30(24)38)16-34(6,32(44)21(36)2)13-12-26(41)39-17-27(42)49-33(3,4)5/h8-9,12-13,20-21,25,31-32,44-45H,10-11,14-19H2,1-7H3,(H,39,41)/b13-12+/t20-,21+,25-,31+,32+,34-,35+,36+/m1/s1. The first kappa shape index (κ1) is 37.0. The van der Waals surface area contributed by atoms with Gasteiger partial charge in [0.2, 0.25) is 5.91 Å². The SMILES string of the molecule is C[C@@H]1CC[C@@]23CCC(=O)[C@H]2[C@]1(C)[C@H](OC(=O)COc1ccc2c(c1F)B(O)OC2)C[C@@](C)(/C=C/C(=O)NCC(=O)OC(C)(C)C)[C@@H](O)[C@@H]3C. The minimum atomic E-state index is -1.43. The number of amides is 1. The number of Topliss-reactive ketones (excluding diaryl/α,β-unsaturated/α-hetero) is 1. The maximum absolute atomic E-state index is 15.2. The molecule has 1 aromatic carbocycles. The van der Waals surface area contributed by atoms with Gasteiger partial charge in [-0.2, -0.15) is 0 Å². The summed E-state index contributed by atoms with van der Waals surface area (Å²) in [6, 6.07) is 2.92. The molecule has 3 saturated carbocycles. The largest absolute Gasteiger partial charge is 0.494 e. The summed E-state index contributed by atoms with van der Waals surface area (Å²) in [5, 5.41) is 24.6. The highest BCUT2D eigenvalue weighted by molar-refractivity contribution is 6.61. The van der Waals surface area contributed by atoms with Gasteiger partial charge in [0.15, 0.2) is 18.2 Å². The Bertz CT molecular complexity index is 1530. The summed E-state index contributed by atoms with van der Waals surface area (Å²) in [5.74, 6) is -3.74. The molecule has 5 rings (SSSR count). The van der Waals surface area contributed by atoms with Gasteiger partial charge in [0.1, 0.15) is 24.0 Å². The number of ketones is 1. The van der Waals surface area contributed by atoms with Crippen LogP contribution in [0, 0.1) is 39.8 Å². The van der Waals surface area contributed by atoms with Gasteiger partial charge < -0.3 is 34.3 Å². The van der Waals surface area contributed by atoms with Gasteiger partial charge in [-0.15, -0.1) is 0 Å². The van der Waals surface area contributed by atoms with Crippen molar-refractivity contribution < 1.29 is 52.6 Å². The smallest absolute Gasteiger partial charge is 0.479 e. The molecule has 8 atom stereocenters. The third kappa shape index (κ3) is 6.90. The lowest BCUT2D eigenvalue weighted by Gasteiger charge is -2.61. The fraction of sp³-hybridized carbons (Fsp3) is 0.667. The van der Waals surface area contributed by atoms with Crippen molar-refractivity contribution in [2.24, 2.45) is 34.0 Å². The number of nitrogens with one attached hydrogen (secondary N) is 1. The molecule has 3 fully saturated rings. The Morgan fingerprint density at radius 2 is 1.88 bits per heavy atom. The minimum Gasteiger partial charge on any atom is -0.479 e. The van der Waals surface area contributed by atoms with Crippen molar-refractivity contribution in [3.63, 3.8) is 0 Å². The Morgan fingerprint density at radius 3 is 2.57 bits per heavy atom. The van der Waals surface area contributed by atoms with Gasteiger partial charge in [-0.05, 0) is 81.4 Å². The lowest BCUT2D eigenvalue weighted by atomic mass is 9.44. The number of fused-ring (bicyclic) bond motifs is 1. The van der Waals surface area contributed by atoms with Crippen molar-refractivity contribution in [3.05, 3.63) is 35.7 Å². The molecule has 49 heavy (non-hydrogen) atoms. The molecule has 13 heteroatoms. The quantitative estimate of drug-likeness (QED) is 0.211. The molecule has 3 aliphatic carbocycles.